The molecule has 0 aliphatic carbocycles. The van der Waals surface area contributed by atoms with Gasteiger partial charge < -0.3 is 20.1 Å². The molecular weight excluding hydrogens is 347 g/mol. The predicted molar refractivity (Wildman–Crippen MR) is 104 cm³/mol. The van der Waals surface area contributed by atoms with Crippen molar-refractivity contribution in [3.63, 3.8) is 0 Å². The number of ether oxygens (including phenoxy) is 2. The molecule has 150 valence electrons. The second-order valence-electron chi connectivity index (χ2n) is 7.60. The highest BCUT2D eigenvalue weighted by molar-refractivity contribution is 5.79. The maximum Gasteiger partial charge on any atom is 0.191 e. The molecule has 2 aliphatic heterocycles. The van der Waals surface area contributed by atoms with Gasteiger partial charge in [0, 0.05) is 31.6 Å². The molecule has 3 rings (SSSR count). The van der Waals surface area contributed by atoms with E-state index in [1.807, 2.05) is 12.1 Å². The second kappa shape index (κ2) is 9.48. The molecule has 7 heteroatoms. The number of guanidine groups is 1. The average Bonchev–Trinajstić information content (AvgIpc) is 2.67. The number of morpholine rings is 1. The van der Waals surface area contributed by atoms with Crippen LogP contribution in [0.1, 0.15) is 25.5 Å². The number of hydrogen-bond acceptors (Lipinski definition) is 4. The monoisotopic (exact) mass is 378 g/mol. The zero-order valence-electron chi connectivity index (χ0n) is 16.3. The smallest absolute Gasteiger partial charge is 0.191 e. The van der Waals surface area contributed by atoms with Gasteiger partial charge in [0.25, 0.3) is 0 Å². The third-order valence-electron chi connectivity index (χ3n) is 5.07. The van der Waals surface area contributed by atoms with Crippen LogP contribution in [0.5, 0.6) is 0 Å². The first-order valence-corrected chi connectivity index (χ1v) is 9.77. The molecule has 2 N–H and O–H groups in total. The molecule has 0 amide bonds. The Kier molecular flexibility index (Phi) is 7.04. The molecule has 6 nitrogen and oxygen atoms in total. The lowest BCUT2D eigenvalue weighted by molar-refractivity contribution is -0.0945. The number of nitrogens with one attached hydrogen (secondary N) is 2. The molecule has 0 aromatic heterocycles. The van der Waals surface area contributed by atoms with Gasteiger partial charge in [-0.15, -0.1) is 0 Å². The van der Waals surface area contributed by atoms with Gasteiger partial charge in [0.2, 0.25) is 0 Å². The molecule has 1 aromatic carbocycles. The Morgan fingerprint density at radius 2 is 1.89 bits per heavy atom. The highest BCUT2D eigenvalue weighted by atomic mass is 19.1. The van der Waals surface area contributed by atoms with Crippen molar-refractivity contribution in [2.75, 3.05) is 59.2 Å². The van der Waals surface area contributed by atoms with Crippen molar-refractivity contribution in [1.29, 1.82) is 0 Å². The predicted octanol–water partition coefficient (Wildman–Crippen LogP) is 1.79. The van der Waals surface area contributed by atoms with Crippen LogP contribution in [0.4, 0.5) is 4.39 Å². The highest BCUT2D eigenvalue weighted by Gasteiger charge is 2.33. The third-order valence-corrected chi connectivity index (χ3v) is 5.07. The number of aliphatic imine (C=N–C) groups is 1. The van der Waals surface area contributed by atoms with Gasteiger partial charge in [-0.05, 0) is 24.6 Å². The number of nitrogens with zero attached hydrogens (tertiary/aromatic N) is 2. The molecule has 1 atom stereocenters. The quantitative estimate of drug-likeness (QED) is 0.560. The summed E-state index contributed by atoms with van der Waals surface area (Å²) >= 11 is 0. The maximum atomic E-state index is 13.4. The number of halogens is 1. The third kappa shape index (κ3) is 5.64. The summed E-state index contributed by atoms with van der Waals surface area (Å²) in [6.07, 6.45) is 0. The van der Waals surface area contributed by atoms with Crippen LogP contribution in [0, 0.1) is 11.2 Å². The van der Waals surface area contributed by atoms with Gasteiger partial charge in [0.05, 0.1) is 39.0 Å². The van der Waals surface area contributed by atoms with Gasteiger partial charge in [-0.2, -0.15) is 0 Å². The molecule has 0 bridgehead atoms. The minimum Gasteiger partial charge on any atom is -0.380 e. The fourth-order valence-corrected chi connectivity index (χ4v) is 3.38. The van der Waals surface area contributed by atoms with Crippen molar-refractivity contribution in [2.24, 2.45) is 10.4 Å². The lowest BCUT2D eigenvalue weighted by atomic mass is 9.89. The van der Waals surface area contributed by atoms with E-state index < -0.39 is 0 Å². The Hall–Kier alpha value is -1.70. The van der Waals surface area contributed by atoms with Crippen LogP contribution >= 0.6 is 0 Å². The number of rotatable bonds is 7. The summed E-state index contributed by atoms with van der Waals surface area (Å²) in [6, 6.07) is 6.93. The summed E-state index contributed by atoms with van der Waals surface area (Å²) in [5.41, 5.74) is 1.24. The number of benzene rings is 1. The van der Waals surface area contributed by atoms with Crippen molar-refractivity contribution in [1.82, 2.24) is 15.5 Å². The van der Waals surface area contributed by atoms with Gasteiger partial charge in [0.15, 0.2) is 5.96 Å². The Morgan fingerprint density at radius 3 is 2.48 bits per heavy atom. The Morgan fingerprint density at radius 1 is 1.19 bits per heavy atom. The van der Waals surface area contributed by atoms with Gasteiger partial charge >= 0.3 is 0 Å². The fourth-order valence-electron chi connectivity index (χ4n) is 3.38. The average molecular weight is 378 g/mol. The van der Waals surface area contributed by atoms with Crippen molar-refractivity contribution < 1.29 is 13.9 Å². The molecule has 0 saturated carbocycles. The first-order chi connectivity index (χ1) is 13.1. The maximum absolute atomic E-state index is 13.4. The Bertz CT molecular complexity index is 613. The van der Waals surface area contributed by atoms with E-state index >= 15 is 0 Å². The van der Waals surface area contributed by atoms with Crippen LogP contribution in [0.2, 0.25) is 0 Å². The van der Waals surface area contributed by atoms with Crippen LogP contribution in [-0.4, -0.2) is 70.0 Å². The Balaban J connectivity index is 1.67. The van der Waals surface area contributed by atoms with Gasteiger partial charge in [-0.1, -0.05) is 19.1 Å². The summed E-state index contributed by atoms with van der Waals surface area (Å²) in [7, 11) is 0. The van der Waals surface area contributed by atoms with Crippen molar-refractivity contribution >= 4 is 5.96 Å². The Labute approximate surface area is 161 Å². The lowest BCUT2D eigenvalue weighted by Gasteiger charge is -2.37. The summed E-state index contributed by atoms with van der Waals surface area (Å²) < 4.78 is 24.2. The molecule has 1 unspecified atom stereocenters. The van der Waals surface area contributed by atoms with Crippen molar-refractivity contribution in [2.45, 2.75) is 19.9 Å². The number of hydrogen-bond donors (Lipinski definition) is 2. The van der Waals surface area contributed by atoms with E-state index in [-0.39, 0.29) is 17.3 Å². The first-order valence-electron chi connectivity index (χ1n) is 9.77. The van der Waals surface area contributed by atoms with Crippen LogP contribution in [0.3, 0.4) is 0 Å². The molecule has 1 aromatic rings. The topological polar surface area (TPSA) is 58.1 Å². The van der Waals surface area contributed by atoms with Gasteiger partial charge in [0.1, 0.15) is 5.82 Å². The van der Waals surface area contributed by atoms with Gasteiger partial charge in [-0.3, -0.25) is 9.89 Å². The van der Waals surface area contributed by atoms with E-state index in [2.05, 4.69) is 29.4 Å². The van der Waals surface area contributed by atoms with E-state index in [0.717, 1.165) is 64.1 Å². The summed E-state index contributed by atoms with van der Waals surface area (Å²) in [4.78, 5) is 7.13. The zero-order valence-corrected chi connectivity index (χ0v) is 16.3. The molecule has 2 saturated heterocycles. The SMILES string of the molecule is CCNC(=NCC1(C)COC1)NCC(c1ccc(F)cc1)N1CCOCC1. The van der Waals surface area contributed by atoms with E-state index in [1.54, 1.807) is 0 Å². The van der Waals surface area contributed by atoms with E-state index in [9.17, 15) is 4.39 Å². The molecule has 0 spiro atoms. The first kappa shape index (κ1) is 20.0. The van der Waals surface area contributed by atoms with E-state index in [4.69, 9.17) is 14.5 Å². The summed E-state index contributed by atoms with van der Waals surface area (Å²) in [6.45, 7) is 11.2. The summed E-state index contributed by atoms with van der Waals surface area (Å²) in [5, 5.41) is 6.79. The molecule has 27 heavy (non-hydrogen) atoms. The van der Waals surface area contributed by atoms with Crippen LogP contribution in [0.25, 0.3) is 0 Å². The van der Waals surface area contributed by atoms with Crippen LogP contribution in [0.15, 0.2) is 29.3 Å². The molecule has 2 aliphatic rings. The highest BCUT2D eigenvalue weighted by Crippen LogP contribution is 2.26. The van der Waals surface area contributed by atoms with Crippen molar-refractivity contribution in [3.05, 3.63) is 35.6 Å². The molecule has 2 fully saturated rings. The van der Waals surface area contributed by atoms with E-state index in [1.165, 1.54) is 12.1 Å². The van der Waals surface area contributed by atoms with Crippen LogP contribution < -0.4 is 10.6 Å². The van der Waals surface area contributed by atoms with E-state index in [0.29, 0.717) is 6.54 Å². The van der Waals surface area contributed by atoms with Crippen LogP contribution in [-0.2, 0) is 9.47 Å². The standard InChI is InChI=1S/C20H31FN4O2/c1-3-22-19(24-13-20(2)14-27-15-20)23-12-18(25-8-10-26-11-9-25)16-4-6-17(21)7-5-16/h4-7,18H,3,8-15H2,1-2H3,(H2,22,23,24). The molecular formula is C20H31FN4O2. The largest absolute Gasteiger partial charge is 0.380 e. The molecule has 2 heterocycles. The summed E-state index contributed by atoms with van der Waals surface area (Å²) in [5.74, 6) is 0.601. The van der Waals surface area contributed by atoms with Gasteiger partial charge in [-0.25, -0.2) is 4.39 Å². The molecule has 0 radical (unpaired) electrons. The van der Waals surface area contributed by atoms with Crippen molar-refractivity contribution in [3.8, 4) is 0 Å². The second-order valence-corrected chi connectivity index (χ2v) is 7.60. The minimum atomic E-state index is -0.210. The zero-order chi connectivity index (χ0) is 19.1. The fraction of sp³-hybridized carbons (Fsp3) is 0.650. The minimum absolute atomic E-state index is 0.140. The lowest BCUT2D eigenvalue weighted by Crippen LogP contribution is -2.47. The normalized spacial score (nSPS) is 21.4.